The molecular weight excluding hydrogens is 791 g/mol. The van der Waals surface area contributed by atoms with E-state index in [9.17, 15) is 0 Å². The van der Waals surface area contributed by atoms with E-state index >= 15 is 0 Å². The fourth-order valence-corrected chi connectivity index (χ4v) is 15.7. The summed E-state index contributed by atoms with van der Waals surface area (Å²) in [7, 11) is -2.87. The minimum absolute atomic E-state index is 1.12. The van der Waals surface area contributed by atoms with Crippen LogP contribution in [0, 0.1) is 0 Å². The maximum atomic E-state index is 2.56. The van der Waals surface area contributed by atoms with Crippen molar-refractivity contribution in [3.05, 3.63) is 249 Å². The van der Waals surface area contributed by atoms with Crippen LogP contribution in [0.15, 0.2) is 249 Å². The molecule has 0 amide bonds. The van der Waals surface area contributed by atoms with E-state index in [1.165, 1.54) is 86.2 Å². The molecule has 4 heteroatoms. The molecule has 0 aliphatic heterocycles. The number of fused-ring (bicyclic) bond motifs is 9. The highest BCUT2D eigenvalue weighted by atomic mass is 28.3. The smallest absolute Gasteiger partial charge is 0.179 e. The summed E-state index contributed by atoms with van der Waals surface area (Å²) in [5.41, 5.74) is 10.4. The van der Waals surface area contributed by atoms with E-state index in [1.807, 2.05) is 0 Å². The Kier molecular flexibility index (Phi) is 8.23. The van der Waals surface area contributed by atoms with Gasteiger partial charge >= 0.3 is 0 Å². The molecule has 0 N–H and O–H groups in total. The van der Waals surface area contributed by atoms with E-state index < -0.39 is 8.07 Å². The molecule has 0 radical (unpaired) electrons. The number of hydrogen-bond donors (Lipinski definition) is 0. The van der Waals surface area contributed by atoms with Crippen molar-refractivity contribution in [2.24, 2.45) is 0 Å². The van der Waals surface area contributed by atoms with Crippen molar-refractivity contribution in [2.75, 3.05) is 0 Å². The van der Waals surface area contributed by atoms with E-state index in [-0.39, 0.29) is 0 Å². The summed E-state index contributed by atoms with van der Waals surface area (Å²) in [6.07, 6.45) is 0. The molecule has 0 saturated heterocycles. The largest absolute Gasteiger partial charge is 0.309 e. The summed E-state index contributed by atoms with van der Waals surface area (Å²) < 4.78 is 7.51. The summed E-state index contributed by atoms with van der Waals surface area (Å²) in [5, 5.41) is 12.8. The van der Waals surface area contributed by atoms with Crippen molar-refractivity contribution in [1.29, 1.82) is 0 Å². The molecule has 0 bridgehead atoms. The van der Waals surface area contributed by atoms with Gasteiger partial charge in [0.05, 0.1) is 38.8 Å². The number of rotatable bonds is 7. The Labute approximate surface area is 372 Å². The maximum Gasteiger partial charge on any atom is 0.179 e. The third kappa shape index (κ3) is 5.27. The minimum Gasteiger partial charge on any atom is -0.309 e. The van der Waals surface area contributed by atoms with Gasteiger partial charge in [0, 0.05) is 43.7 Å². The number of benzene rings is 10. The summed E-state index contributed by atoms with van der Waals surface area (Å²) >= 11 is 0. The van der Waals surface area contributed by atoms with Gasteiger partial charge in [-0.25, -0.2) is 0 Å². The van der Waals surface area contributed by atoms with E-state index in [1.54, 1.807) is 0 Å². The minimum atomic E-state index is -2.87. The molecule has 13 rings (SSSR count). The van der Waals surface area contributed by atoms with Crippen molar-refractivity contribution >= 4 is 94.2 Å². The van der Waals surface area contributed by atoms with Gasteiger partial charge in [-0.2, -0.15) is 0 Å². The van der Waals surface area contributed by atoms with Crippen LogP contribution in [0.25, 0.3) is 82.5 Å². The van der Waals surface area contributed by atoms with Crippen molar-refractivity contribution in [1.82, 2.24) is 13.7 Å². The highest BCUT2D eigenvalue weighted by Crippen LogP contribution is 2.42. The molecule has 64 heavy (non-hydrogen) atoms. The second-order valence-corrected chi connectivity index (χ2v) is 20.7. The van der Waals surface area contributed by atoms with E-state index in [2.05, 4.69) is 262 Å². The van der Waals surface area contributed by atoms with Gasteiger partial charge in [-0.15, -0.1) is 0 Å². The second kappa shape index (κ2) is 14.5. The fourth-order valence-electron chi connectivity index (χ4n) is 10.9. The van der Waals surface area contributed by atoms with Crippen molar-refractivity contribution < 1.29 is 0 Å². The van der Waals surface area contributed by atoms with Gasteiger partial charge in [0.2, 0.25) is 0 Å². The molecule has 300 valence electrons. The van der Waals surface area contributed by atoms with Crippen LogP contribution < -0.4 is 20.7 Å². The molecule has 0 spiro atoms. The van der Waals surface area contributed by atoms with Crippen LogP contribution in [0.4, 0.5) is 0 Å². The van der Waals surface area contributed by atoms with Gasteiger partial charge in [-0.05, 0) is 75.3 Å². The fraction of sp³-hybridized carbons (Fsp3) is 0. The first-order valence-electron chi connectivity index (χ1n) is 22.1. The van der Waals surface area contributed by atoms with Crippen molar-refractivity contribution in [3.63, 3.8) is 0 Å². The first-order chi connectivity index (χ1) is 31.8. The Morgan fingerprint density at radius 3 is 1.09 bits per heavy atom. The lowest BCUT2D eigenvalue weighted by Gasteiger charge is -2.34. The molecule has 0 atom stereocenters. The standard InChI is InChI=1S/C60H41N3Si/c1-5-21-42(22-6-1)62-58-38-37-47(64(44-23-7-2-8-24-44,45-25-9-3-10-26-45)46-27-11-4-12-28-46)41-52(58)53-39-43(61-54-33-17-13-29-48(54)49-30-14-18-34-55(49)61)40-59(60(53)62)63-56-35-19-15-31-50(56)51-32-16-20-36-57(51)63/h1-41H. The van der Waals surface area contributed by atoms with E-state index in [0.29, 0.717) is 0 Å². The van der Waals surface area contributed by atoms with Crippen molar-refractivity contribution in [2.45, 2.75) is 0 Å². The van der Waals surface area contributed by atoms with Crippen molar-refractivity contribution in [3.8, 4) is 17.1 Å². The van der Waals surface area contributed by atoms with Gasteiger partial charge in [0.25, 0.3) is 0 Å². The molecule has 3 aromatic heterocycles. The molecule has 0 saturated carbocycles. The SMILES string of the molecule is c1ccc(-n2c3ccc([Si](c4ccccc4)(c4ccccc4)c4ccccc4)cc3c3cc(-n4c5ccccc5c5ccccc54)cc(-n4c5ccccc5c5ccccc54)c32)cc1. The molecule has 10 aromatic carbocycles. The summed E-state index contributed by atoms with van der Waals surface area (Å²) in [4.78, 5) is 0. The summed E-state index contributed by atoms with van der Waals surface area (Å²) in [5.74, 6) is 0. The monoisotopic (exact) mass is 831 g/mol. The average Bonchev–Trinajstić information content (AvgIpc) is 4.01. The number of para-hydroxylation sites is 5. The van der Waals surface area contributed by atoms with Crippen LogP contribution in [-0.2, 0) is 0 Å². The zero-order valence-electron chi connectivity index (χ0n) is 35.0. The Bertz CT molecular complexity index is 3680. The molecule has 3 heterocycles. The lowest BCUT2D eigenvalue weighted by molar-refractivity contribution is 1.11. The third-order valence-corrected chi connectivity index (χ3v) is 18.3. The molecular formula is C60H41N3Si. The van der Waals surface area contributed by atoms with Gasteiger partial charge in [0.1, 0.15) is 0 Å². The first-order valence-corrected chi connectivity index (χ1v) is 24.1. The van der Waals surface area contributed by atoms with Gasteiger partial charge in [-0.3, -0.25) is 0 Å². The van der Waals surface area contributed by atoms with Crippen LogP contribution in [0.5, 0.6) is 0 Å². The van der Waals surface area contributed by atoms with E-state index in [4.69, 9.17) is 0 Å². The number of nitrogens with zero attached hydrogens (tertiary/aromatic N) is 3. The number of aromatic nitrogens is 3. The Balaban J connectivity index is 1.24. The Morgan fingerprint density at radius 2 is 0.625 bits per heavy atom. The Morgan fingerprint density at radius 1 is 0.234 bits per heavy atom. The maximum absolute atomic E-state index is 2.87. The normalized spacial score (nSPS) is 12.1. The van der Waals surface area contributed by atoms with Gasteiger partial charge in [0.15, 0.2) is 8.07 Å². The molecule has 13 aromatic rings. The zero-order chi connectivity index (χ0) is 42.2. The van der Waals surface area contributed by atoms with Crippen LogP contribution >= 0.6 is 0 Å². The highest BCUT2D eigenvalue weighted by molar-refractivity contribution is 7.20. The summed E-state index contributed by atoms with van der Waals surface area (Å²) in [6.45, 7) is 0. The van der Waals surface area contributed by atoms with Gasteiger partial charge in [-0.1, -0.05) is 194 Å². The van der Waals surface area contributed by atoms with Crippen LogP contribution in [0.3, 0.4) is 0 Å². The van der Waals surface area contributed by atoms with Crippen LogP contribution in [0.1, 0.15) is 0 Å². The van der Waals surface area contributed by atoms with E-state index in [0.717, 1.165) is 17.1 Å². The lowest BCUT2D eigenvalue weighted by atomic mass is 10.1. The summed E-state index contributed by atoms with van der Waals surface area (Å²) in [6, 6.07) is 92.5. The first kappa shape index (κ1) is 36.5. The predicted octanol–water partition coefficient (Wildman–Crippen LogP) is 12.4. The van der Waals surface area contributed by atoms with Crippen LogP contribution in [0.2, 0.25) is 0 Å². The number of hydrogen-bond acceptors (Lipinski definition) is 0. The molecule has 0 aliphatic rings. The van der Waals surface area contributed by atoms with Gasteiger partial charge < -0.3 is 13.7 Å². The Hall–Kier alpha value is -8.18. The molecule has 3 nitrogen and oxygen atoms in total. The zero-order valence-corrected chi connectivity index (χ0v) is 36.0. The highest BCUT2D eigenvalue weighted by Gasteiger charge is 2.41. The molecule has 0 unspecified atom stereocenters. The second-order valence-electron chi connectivity index (χ2n) is 16.9. The lowest BCUT2D eigenvalue weighted by Crippen LogP contribution is -2.74. The predicted molar refractivity (Wildman–Crippen MR) is 273 cm³/mol. The third-order valence-electron chi connectivity index (χ3n) is 13.6. The molecule has 0 aliphatic carbocycles. The topological polar surface area (TPSA) is 14.8 Å². The quantitative estimate of drug-likeness (QED) is 0.112. The average molecular weight is 832 g/mol. The molecule has 0 fully saturated rings. The van der Waals surface area contributed by atoms with Crippen LogP contribution in [-0.4, -0.2) is 21.8 Å².